The molecule has 9 nitrogen and oxygen atoms in total. The third-order valence-electron chi connectivity index (χ3n) is 4.30. The predicted octanol–water partition coefficient (Wildman–Crippen LogP) is 3.56. The average molecular weight is 422 g/mol. The number of pyridine rings is 1. The minimum atomic E-state index is -0.813. The highest BCUT2D eigenvalue weighted by atomic mass is 16.6. The van der Waals surface area contributed by atoms with Crippen molar-refractivity contribution in [1.82, 2.24) is 25.4 Å². The van der Waals surface area contributed by atoms with Crippen molar-refractivity contribution in [3.05, 3.63) is 54.0 Å². The molecule has 1 aromatic carbocycles. The maximum Gasteiger partial charge on any atom is 0.414 e. The highest BCUT2D eigenvalue weighted by Gasteiger charge is 2.21. The highest BCUT2D eigenvalue weighted by Crippen LogP contribution is 2.21. The molecule has 162 valence electrons. The number of hydrogen-bond donors (Lipinski definition) is 3. The Kier molecular flexibility index (Phi) is 6.33. The molecule has 3 N–H and O–H groups in total. The van der Waals surface area contributed by atoms with E-state index in [1.807, 2.05) is 37.3 Å². The number of carbonyl (C=O) groups is 2. The van der Waals surface area contributed by atoms with Crippen molar-refractivity contribution in [3.63, 3.8) is 0 Å². The average Bonchev–Trinajstić information content (AvgIpc) is 3.10. The lowest BCUT2D eigenvalue weighted by Crippen LogP contribution is -2.45. The summed E-state index contributed by atoms with van der Waals surface area (Å²) in [6.07, 6.45) is 3.80. The zero-order valence-electron chi connectivity index (χ0n) is 18.0. The zero-order valence-corrected chi connectivity index (χ0v) is 18.0. The number of rotatable bonds is 4. The van der Waals surface area contributed by atoms with Crippen LogP contribution in [-0.4, -0.2) is 38.3 Å². The number of nitrogens with one attached hydrogen (secondary N) is 3. The lowest BCUT2D eigenvalue weighted by Gasteiger charge is -2.19. The van der Waals surface area contributed by atoms with Gasteiger partial charge in [0, 0.05) is 11.6 Å². The van der Waals surface area contributed by atoms with Crippen molar-refractivity contribution in [3.8, 4) is 5.69 Å². The molecule has 0 aliphatic rings. The molecule has 31 heavy (non-hydrogen) atoms. The Labute approximate surface area is 180 Å². The Balaban J connectivity index is 1.81. The first-order chi connectivity index (χ1) is 14.7. The lowest BCUT2D eigenvalue weighted by atomic mass is 10.1. The fraction of sp³-hybridized carbons (Fsp3) is 0.318. The van der Waals surface area contributed by atoms with Crippen LogP contribution in [0.15, 0.2) is 42.7 Å². The molecule has 0 radical (unpaired) electrons. The van der Waals surface area contributed by atoms with E-state index in [1.54, 1.807) is 31.6 Å². The molecular weight excluding hydrogens is 396 g/mol. The number of amides is 2. The van der Waals surface area contributed by atoms with Gasteiger partial charge in [0.1, 0.15) is 5.60 Å². The number of carbonyl (C=O) groups excluding carboxylic acids is 2. The summed E-state index contributed by atoms with van der Waals surface area (Å²) in [7, 11) is 0. The number of nitrogens with zero attached hydrogens (tertiary/aromatic N) is 3. The standard InChI is InChI=1S/C22H26N6O3/c1-5-7-18-16(19(29)26-20(23)27-21(30)31-22(2,3)4)13-25-28(18)15-9-10-17-14(12-15)8-6-11-24-17/h6,8-13H,5,7H2,1-4H3,(H3,23,26,27,29,30). The summed E-state index contributed by atoms with van der Waals surface area (Å²) >= 11 is 0. The molecule has 0 bridgehead atoms. The van der Waals surface area contributed by atoms with Crippen molar-refractivity contribution in [2.24, 2.45) is 0 Å². The molecule has 0 saturated carbocycles. The summed E-state index contributed by atoms with van der Waals surface area (Å²) in [5.41, 5.74) is 2.02. The van der Waals surface area contributed by atoms with Gasteiger partial charge in [-0.2, -0.15) is 5.10 Å². The van der Waals surface area contributed by atoms with Gasteiger partial charge < -0.3 is 4.74 Å². The fourth-order valence-corrected chi connectivity index (χ4v) is 3.08. The van der Waals surface area contributed by atoms with Gasteiger partial charge in [0.25, 0.3) is 5.91 Å². The number of benzene rings is 1. The predicted molar refractivity (Wildman–Crippen MR) is 117 cm³/mol. The van der Waals surface area contributed by atoms with Gasteiger partial charge in [0.15, 0.2) is 0 Å². The van der Waals surface area contributed by atoms with E-state index >= 15 is 0 Å². The van der Waals surface area contributed by atoms with E-state index in [1.165, 1.54) is 6.20 Å². The number of alkyl carbamates (subject to hydrolysis) is 1. The number of hydrogen-bond acceptors (Lipinski definition) is 6. The Morgan fingerprint density at radius 2 is 1.97 bits per heavy atom. The fourth-order valence-electron chi connectivity index (χ4n) is 3.08. The van der Waals surface area contributed by atoms with Crippen LogP contribution >= 0.6 is 0 Å². The smallest absolute Gasteiger partial charge is 0.414 e. The second-order valence-corrected chi connectivity index (χ2v) is 8.00. The topological polar surface area (TPSA) is 122 Å². The molecule has 3 rings (SSSR count). The molecule has 9 heteroatoms. The molecule has 0 spiro atoms. The van der Waals surface area contributed by atoms with Gasteiger partial charge in [-0.3, -0.25) is 25.8 Å². The molecule has 0 unspecified atom stereocenters. The van der Waals surface area contributed by atoms with E-state index in [9.17, 15) is 9.59 Å². The molecule has 0 aliphatic carbocycles. The maximum atomic E-state index is 12.8. The van der Waals surface area contributed by atoms with E-state index in [0.717, 1.165) is 23.0 Å². The first-order valence-electron chi connectivity index (χ1n) is 10.00. The molecule has 0 saturated heterocycles. The quantitative estimate of drug-likeness (QED) is 0.438. The van der Waals surface area contributed by atoms with Crippen LogP contribution in [0.5, 0.6) is 0 Å². The summed E-state index contributed by atoms with van der Waals surface area (Å²) in [5, 5.41) is 17.8. The second kappa shape index (κ2) is 8.95. The van der Waals surface area contributed by atoms with Gasteiger partial charge in [-0.05, 0) is 51.5 Å². The molecule has 2 heterocycles. The van der Waals surface area contributed by atoms with E-state index < -0.39 is 23.6 Å². The minimum absolute atomic E-state index is 0.337. The van der Waals surface area contributed by atoms with Gasteiger partial charge in [-0.1, -0.05) is 19.4 Å². The number of fused-ring (bicyclic) bond motifs is 1. The largest absolute Gasteiger partial charge is 0.444 e. The monoisotopic (exact) mass is 422 g/mol. The van der Waals surface area contributed by atoms with E-state index in [0.29, 0.717) is 17.7 Å². The van der Waals surface area contributed by atoms with Crippen molar-refractivity contribution in [2.75, 3.05) is 0 Å². The van der Waals surface area contributed by atoms with Gasteiger partial charge in [-0.25, -0.2) is 9.48 Å². The molecule has 2 amide bonds. The number of aromatic nitrogens is 3. The van der Waals surface area contributed by atoms with Crippen LogP contribution in [0.25, 0.3) is 16.6 Å². The summed E-state index contributed by atoms with van der Waals surface area (Å²) in [5.74, 6) is -0.996. The normalized spacial score (nSPS) is 11.2. The van der Waals surface area contributed by atoms with Gasteiger partial charge in [-0.15, -0.1) is 0 Å². The third-order valence-corrected chi connectivity index (χ3v) is 4.30. The molecule has 0 atom stereocenters. The Morgan fingerprint density at radius 3 is 2.68 bits per heavy atom. The van der Waals surface area contributed by atoms with Crippen molar-refractivity contribution in [1.29, 1.82) is 5.41 Å². The lowest BCUT2D eigenvalue weighted by molar-refractivity contribution is 0.0561. The molecule has 2 aromatic heterocycles. The molecule has 0 fully saturated rings. The van der Waals surface area contributed by atoms with Crippen molar-refractivity contribution >= 4 is 28.9 Å². The van der Waals surface area contributed by atoms with Crippen LogP contribution in [0.2, 0.25) is 0 Å². The van der Waals surface area contributed by atoms with E-state index in [4.69, 9.17) is 10.1 Å². The minimum Gasteiger partial charge on any atom is -0.444 e. The Hall–Kier alpha value is -3.75. The molecular formula is C22H26N6O3. The first-order valence-corrected chi connectivity index (χ1v) is 10.00. The molecule has 0 aliphatic heterocycles. The highest BCUT2D eigenvalue weighted by molar-refractivity contribution is 6.08. The van der Waals surface area contributed by atoms with Crippen molar-refractivity contribution < 1.29 is 14.3 Å². The number of ether oxygens (including phenoxy) is 1. The third kappa shape index (κ3) is 5.44. The van der Waals surface area contributed by atoms with E-state index in [-0.39, 0.29) is 0 Å². The summed E-state index contributed by atoms with van der Waals surface area (Å²) < 4.78 is 6.81. The summed E-state index contributed by atoms with van der Waals surface area (Å²) in [6, 6.07) is 9.59. The van der Waals surface area contributed by atoms with Crippen LogP contribution in [0, 0.1) is 5.41 Å². The van der Waals surface area contributed by atoms with Crippen LogP contribution in [0.3, 0.4) is 0 Å². The number of guanidine groups is 1. The zero-order chi connectivity index (χ0) is 22.6. The van der Waals surface area contributed by atoms with Crippen LogP contribution in [0.4, 0.5) is 4.79 Å². The van der Waals surface area contributed by atoms with Crippen molar-refractivity contribution in [2.45, 2.75) is 46.1 Å². The van der Waals surface area contributed by atoms with Gasteiger partial charge in [0.2, 0.25) is 5.96 Å². The second-order valence-electron chi connectivity index (χ2n) is 8.00. The summed E-state index contributed by atoms with van der Waals surface area (Å²) in [6.45, 7) is 7.14. The van der Waals surface area contributed by atoms with E-state index in [2.05, 4.69) is 20.7 Å². The van der Waals surface area contributed by atoms with Gasteiger partial charge in [0.05, 0.1) is 28.7 Å². The maximum absolute atomic E-state index is 12.8. The first kappa shape index (κ1) is 21.9. The summed E-state index contributed by atoms with van der Waals surface area (Å²) in [4.78, 5) is 28.9. The van der Waals surface area contributed by atoms with Crippen LogP contribution in [-0.2, 0) is 11.2 Å². The van der Waals surface area contributed by atoms with Crippen LogP contribution < -0.4 is 10.6 Å². The molecule has 3 aromatic rings. The van der Waals surface area contributed by atoms with Gasteiger partial charge >= 0.3 is 6.09 Å². The SMILES string of the molecule is CCCc1c(C(=O)NC(=N)NC(=O)OC(C)(C)C)cnn1-c1ccc2ncccc2c1. The van der Waals surface area contributed by atoms with Crippen LogP contribution in [0.1, 0.15) is 50.2 Å². The Morgan fingerprint density at radius 1 is 1.19 bits per heavy atom. The Bertz CT molecular complexity index is 1130.